The minimum absolute atomic E-state index is 0.297. The molecule has 174 valence electrons. The van der Waals surface area contributed by atoms with Crippen molar-refractivity contribution in [2.24, 2.45) is 0 Å². The number of ether oxygens (including phenoxy) is 1. The number of nitrogens with zero attached hydrogens (tertiary/aromatic N) is 5. The molecule has 2 N–H and O–H groups in total. The number of nitrogens with one attached hydrogen (secondary N) is 2. The average molecular weight is 466 g/mol. The smallest absolute Gasteiger partial charge is 0.247 e. The molecule has 0 saturated carbocycles. The summed E-state index contributed by atoms with van der Waals surface area (Å²) in [7, 11) is 0. The molecule has 9 nitrogen and oxygen atoms in total. The molecule has 1 amide bonds. The summed E-state index contributed by atoms with van der Waals surface area (Å²) in [6.07, 6.45) is 6.63. The van der Waals surface area contributed by atoms with Crippen molar-refractivity contribution in [3.8, 4) is 22.8 Å². The number of fused-ring (bicyclic) bond motifs is 1. The number of amides is 1. The van der Waals surface area contributed by atoms with Crippen LogP contribution in [0.15, 0.2) is 73.7 Å². The molecule has 0 bridgehead atoms. The predicted molar refractivity (Wildman–Crippen MR) is 133 cm³/mol. The number of benzene rings is 1. The highest BCUT2D eigenvalue weighted by atomic mass is 16.5. The maximum absolute atomic E-state index is 11.6. The third-order valence-electron chi connectivity index (χ3n) is 5.37. The van der Waals surface area contributed by atoms with Gasteiger partial charge in [0.25, 0.3) is 0 Å². The molecule has 35 heavy (non-hydrogen) atoms. The zero-order valence-electron chi connectivity index (χ0n) is 19.3. The highest BCUT2D eigenvalue weighted by molar-refractivity contribution is 5.99. The number of aromatic amines is 1. The summed E-state index contributed by atoms with van der Waals surface area (Å²) in [6.45, 7) is 7.97. The number of carbonyl (C=O) groups excluding carboxylic acids is 1. The number of H-pyrrole nitrogens is 1. The minimum atomic E-state index is -0.297. The molecule has 4 aromatic heterocycles. The third-order valence-corrected chi connectivity index (χ3v) is 5.37. The molecular weight excluding hydrogens is 442 g/mol. The Morgan fingerprint density at radius 1 is 1.17 bits per heavy atom. The van der Waals surface area contributed by atoms with Crippen LogP contribution >= 0.6 is 0 Å². The van der Waals surface area contributed by atoms with Crippen molar-refractivity contribution in [1.29, 1.82) is 0 Å². The third kappa shape index (κ3) is 4.79. The zero-order valence-corrected chi connectivity index (χ0v) is 19.3. The number of anilines is 1. The van der Waals surface area contributed by atoms with Crippen LogP contribution in [-0.4, -0.2) is 35.6 Å². The van der Waals surface area contributed by atoms with Gasteiger partial charge in [0.15, 0.2) is 5.65 Å². The number of rotatable bonds is 7. The van der Waals surface area contributed by atoms with Gasteiger partial charge in [-0.1, -0.05) is 18.7 Å². The van der Waals surface area contributed by atoms with E-state index >= 15 is 0 Å². The van der Waals surface area contributed by atoms with Gasteiger partial charge >= 0.3 is 0 Å². The van der Waals surface area contributed by atoms with Gasteiger partial charge in [0, 0.05) is 41.0 Å². The Kier molecular flexibility index (Phi) is 5.80. The van der Waals surface area contributed by atoms with Gasteiger partial charge in [-0.3, -0.25) is 14.5 Å². The van der Waals surface area contributed by atoms with Crippen LogP contribution in [0, 0.1) is 13.8 Å². The Morgan fingerprint density at radius 2 is 2.03 bits per heavy atom. The lowest BCUT2D eigenvalue weighted by molar-refractivity contribution is -0.111. The van der Waals surface area contributed by atoms with Crippen molar-refractivity contribution in [3.63, 3.8) is 0 Å². The molecule has 0 aliphatic rings. The minimum Gasteiger partial charge on any atom is -0.437 e. The second kappa shape index (κ2) is 9.22. The Bertz CT molecular complexity index is 1550. The number of pyridine rings is 1. The molecule has 0 aliphatic heterocycles. The summed E-state index contributed by atoms with van der Waals surface area (Å²) in [4.78, 5) is 28.5. The summed E-state index contributed by atoms with van der Waals surface area (Å²) in [6, 6.07) is 13.0. The van der Waals surface area contributed by atoms with Crippen LogP contribution in [0.5, 0.6) is 11.6 Å². The SMILES string of the molecule is C=CC(=O)Nc1cccc(Oc2cnc3[nH]cc(-c4cn(Cc5cccc(C)n5)nc4C)c3n2)c1. The fourth-order valence-corrected chi connectivity index (χ4v) is 3.80. The van der Waals surface area contributed by atoms with Crippen LogP contribution in [0.3, 0.4) is 0 Å². The van der Waals surface area contributed by atoms with Crippen LogP contribution in [0.1, 0.15) is 17.1 Å². The molecule has 0 atom stereocenters. The monoisotopic (exact) mass is 465 g/mol. The van der Waals surface area contributed by atoms with E-state index in [4.69, 9.17) is 9.72 Å². The topological polar surface area (TPSA) is 111 Å². The van der Waals surface area contributed by atoms with E-state index in [2.05, 4.69) is 31.9 Å². The molecule has 0 aliphatic carbocycles. The molecule has 4 heterocycles. The highest BCUT2D eigenvalue weighted by Crippen LogP contribution is 2.31. The summed E-state index contributed by atoms with van der Waals surface area (Å²) < 4.78 is 7.81. The van der Waals surface area contributed by atoms with E-state index in [1.54, 1.807) is 30.5 Å². The van der Waals surface area contributed by atoms with E-state index in [0.29, 0.717) is 35.0 Å². The van der Waals surface area contributed by atoms with Crippen LogP contribution in [0.25, 0.3) is 22.3 Å². The standard InChI is InChI=1S/C26H23N7O2/c1-4-23(34)30-18-8-6-10-20(11-18)35-24-13-28-26-25(31-24)21(12-27-26)22-15-33(32-17(22)3)14-19-9-5-7-16(2)29-19/h4-13,15H,1,14H2,2-3H3,(H,27,28)(H,30,34). The van der Waals surface area contributed by atoms with E-state index in [0.717, 1.165) is 28.2 Å². The number of aromatic nitrogens is 6. The van der Waals surface area contributed by atoms with Crippen LogP contribution in [0.2, 0.25) is 0 Å². The van der Waals surface area contributed by atoms with Gasteiger partial charge in [0.1, 0.15) is 11.3 Å². The molecule has 5 rings (SSSR count). The van der Waals surface area contributed by atoms with Gasteiger partial charge < -0.3 is 15.0 Å². The quantitative estimate of drug-likeness (QED) is 0.334. The van der Waals surface area contributed by atoms with Gasteiger partial charge in [-0.25, -0.2) is 9.97 Å². The van der Waals surface area contributed by atoms with Gasteiger partial charge in [0.05, 0.1) is 24.1 Å². The fraction of sp³-hybridized carbons (Fsp3) is 0.115. The Morgan fingerprint density at radius 3 is 2.86 bits per heavy atom. The number of hydrogen-bond donors (Lipinski definition) is 2. The first-order valence-electron chi connectivity index (χ1n) is 11.0. The Labute approximate surface area is 201 Å². The van der Waals surface area contributed by atoms with Gasteiger partial charge in [-0.2, -0.15) is 5.10 Å². The van der Waals surface area contributed by atoms with Gasteiger partial charge in [0.2, 0.25) is 11.8 Å². The maximum atomic E-state index is 11.6. The molecule has 0 radical (unpaired) electrons. The fourth-order valence-electron chi connectivity index (χ4n) is 3.80. The Balaban J connectivity index is 1.42. The van der Waals surface area contributed by atoms with Crippen molar-refractivity contribution >= 4 is 22.8 Å². The predicted octanol–water partition coefficient (Wildman–Crippen LogP) is 4.80. The Hall–Kier alpha value is -4.79. The second-order valence-electron chi connectivity index (χ2n) is 8.03. The first-order valence-corrected chi connectivity index (χ1v) is 11.0. The number of aryl methyl sites for hydroxylation is 2. The normalized spacial score (nSPS) is 10.9. The lowest BCUT2D eigenvalue weighted by Crippen LogP contribution is -2.07. The summed E-state index contributed by atoms with van der Waals surface area (Å²) in [5.41, 5.74) is 6.53. The molecular formula is C26H23N7O2. The largest absolute Gasteiger partial charge is 0.437 e. The van der Waals surface area contributed by atoms with E-state index in [1.165, 1.54) is 6.08 Å². The second-order valence-corrected chi connectivity index (χ2v) is 8.03. The van der Waals surface area contributed by atoms with E-state index in [9.17, 15) is 4.79 Å². The summed E-state index contributed by atoms with van der Waals surface area (Å²) in [5, 5.41) is 7.38. The van der Waals surface area contributed by atoms with Crippen molar-refractivity contribution < 1.29 is 9.53 Å². The van der Waals surface area contributed by atoms with E-state index in [1.807, 2.05) is 49.1 Å². The zero-order chi connectivity index (χ0) is 24.4. The number of hydrogen-bond acceptors (Lipinski definition) is 6. The molecule has 1 aromatic carbocycles. The molecule has 0 spiro atoms. The highest BCUT2D eigenvalue weighted by Gasteiger charge is 2.16. The first kappa shape index (κ1) is 22.0. The molecule has 5 aromatic rings. The van der Waals surface area contributed by atoms with Crippen LogP contribution in [-0.2, 0) is 11.3 Å². The molecule has 9 heteroatoms. The average Bonchev–Trinajstić information content (AvgIpc) is 3.41. The van der Waals surface area contributed by atoms with Crippen molar-refractivity contribution in [2.75, 3.05) is 5.32 Å². The summed E-state index contributed by atoms with van der Waals surface area (Å²) in [5.74, 6) is 0.557. The van der Waals surface area contributed by atoms with E-state index < -0.39 is 0 Å². The van der Waals surface area contributed by atoms with Crippen molar-refractivity contribution in [2.45, 2.75) is 20.4 Å². The summed E-state index contributed by atoms with van der Waals surface area (Å²) >= 11 is 0. The first-order chi connectivity index (χ1) is 17.0. The van der Waals surface area contributed by atoms with Crippen molar-refractivity contribution in [3.05, 3.63) is 90.8 Å². The van der Waals surface area contributed by atoms with Crippen molar-refractivity contribution in [1.82, 2.24) is 29.7 Å². The lowest BCUT2D eigenvalue weighted by Gasteiger charge is -2.07. The van der Waals surface area contributed by atoms with Gasteiger partial charge in [-0.05, 0) is 44.2 Å². The maximum Gasteiger partial charge on any atom is 0.247 e. The lowest BCUT2D eigenvalue weighted by atomic mass is 10.1. The molecule has 0 saturated heterocycles. The van der Waals surface area contributed by atoms with Crippen LogP contribution < -0.4 is 10.1 Å². The molecule has 0 fully saturated rings. The molecule has 0 unspecified atom stereocenters. The van der Waals surface area contributed by atoms with Gasteiger partial charge in [-0.15, -0.1) is 0 Å². The number of carbonyl (C=O) groups is 1. The van der Waals surface area contributed by atoms with Crippen LogP contribution in [0.4, 0.5) is 5.69 Å². The van der Waals surface area contributed by atoms with E-state index in [-0.39, 0.29) is 5.91 Å².